The number of hydrogen-bond donors (Lipinski definition) is 2. The van der Waals surface area contributed by atoms with Crippen LogP contribution in [0.5, 0.6) is 11.5 Å². The fourth-order valence-corrected chi connectivity index (χ4v) is 2.93. The van der Waals surface area contributed by atoms with Crippen molar-refractivity contribution in [3.63, 3.8) is 0 Å². The molecule has 0 aliphatic rings. The van der Waals surface area contributed by atoms with E-state index in [9.17, 15) is 10.2 Å². The number of phenols is 2. The van der Waals surface area contributed by atoms with Crippen molar-refractivity contribution in [3.8, 4) is 34.1 Å². The van der Waals surface area contributed by atoms with Crippen LogP contribution in [0.15, 0.2) is 51.5 Å². The molecule has 2 N–H and O–H groups in total. The Hall–Kier alpha value is -2.27. The third-order valence-electron chi connectivity index (χ3n) is 3.48. The zero-order valence-electron chi connectivity index (χ0n) is 11.9. The quantitative estimate of drug-likeness (QED) is 0.708. The van der Waals surface area contributed by atoms with Crippen LogP contribution in [0.2, 0.25) is 0 Å². The number of rotatable bonds is 3. The molecule has 0 atom stereocenters. The molecule has 1 aromatic heterocycles. The lowest BCUT2D eigenvalue weighted by Crippen LogP contribution is -1.88. The van der Waals surface area contributed by atoms with Gasteiger partial charge in [0.25, 0.3) is 0 Å². The van der Waals surface area contributed by atoms with Crippen molar-refractivity contribution in [1.29, 1.82) is 0 Å². The Morgan fingerprint density at radius 1 is 1.05 bits per heavy atom. The normalized spacial score (nSPS) is 10.8. The second-order valence-corrected chi connectivity index (χ2v) is 5.76. The summed E-state index contributed by atoms with van der Waals surface area (Å²) in [6.07, 6.45) is 0.752. The Bertz CT molecular complexity index is 809. The average molecular weight is 360 g/mol. The summed E-state index contributed by atoms with van der Waals surface area (Å²) in [7, 11) is 0. The molecule has 0 amide bonds. The molecule has 0 aliphatic heterocycles. The van der Waals surface area contributed by atoms with E-state index in [2.05, 4.69) is 21.1 Å². The summed E-state index contributed by atoms with van der Waals surface area (Å²) in [5.41, 5.74) is 3.47. The van der Waals surface area contributed by atoms with Crippen molar-refractivity contribution in [2.24, 2.45) is 0 Å². The molecular formula is C17H14BrNO3. The lowest BCUT2D eigenvalue weighted by Gasteiger charge is -2.04. The first-order valence-electron chi connectivity index (χ1n) is 6.87. The highest BCUT2D eigenvalue weighted by atomic mass is 79.9. The zero-order chi connectivity index (χ0) is 15.7. The number of benzene rings is 2. The van der Waals surface area contributed by atoms with Crippen LogP contribution in [0.25, 0.3) is 22.6 Å². The van der Waals surface area contributed by atoms with Crippen LogP contribution in [-0.4, -0.2) is 15.4 Å². The maximum Gasteiger partial charge on any atom is 0.171 e. The Balaban J connectivity index is 2.13. The third kappa shape index (κ3) is 2.60. The van der Waals surface area contributed by atoms with E-state index in [0.717, 1.165) is 33.3 Å². The van der Waals surface area contributed by atoms with Crippen molar-refractivity contribution in [3.05, 3.63) is 52.5 Å². The van der Waals surface area contributed by atoms with E-state index >= 15 is 0 Å². The molecular weight excluding hydrogens is 346 g/mol. The highest BCUT2D eigenvalue weighted by molar-refractivity contribution is 9.10. The van der Waals surface area contributed by atoms with E-state index in [4.69, 9.17) is 4.52 Å². The first-order valence-corrected chi connectivity index (χ1v) is 7.66. The van der Waals surface area contributed by atoms with Crippen LogP contribution in [0.4, 0.5) is 0 Å². The highest BCUT2D eigenvalue weighted by Crippen LogP contribution is 2.37. The molecule has 3 aromatic rings. The van der Waals surface area contributed by atoms with Gasteiger partial charge in [-0.25, -0.2) is 0 Å². The van der Waals surface area contributed by atoms with E-state index < -0.39 is 0 Å². The molecule has 4 nitrogen and oxygen atoms in total. The molecule has 1 heterocycles. The molecule has 5 heteroatoms. The Morgan fingerprint density at radius 3 is 2.36 bits per heavy atom. The summed E-state index contributed by atoms with van der Waals surface area (Å²) < 4.78 is 6.30. The van der Waals surface area contributed by atoms with Gasteiger partial charge >= 0.3 is 0 Å². The monoisotopic (exact) mass is 359 g/mol. The van der Waals surface area contributed by atoms with E-state index in [1.807, 2.05) is 19.1 Å². The number of nitrogens with zero attached hydrogens (tertiary/aromatic N) is 1. The van der Waals surface area contributed by atoms with Crippen LogP contribution >= 0.6 is 15.9 Å². The maximum absolute atomic E-state index is 9.52. The summed E-state index contributed by atoms with van der Waals surface area (Å²) in [4.78, 5) is 0. The predicted molar refractivity (Wildman–Crippen MR) is 87.8 cm³/mol. The van der Waals surface area contributed by atoms with Crippen molar-refractivity contribution < 1.29 is 14.7 Å². The number of phenolic OH excluding ortho intramolecular Hbond substituents is 2. The molecule has 0 saturated heterocycles. The van der Waals surface area contributed by atoms with Crippen LogP contribution in [0, 0.1) is 0 Å². The minimum absolute atomic E-state index is 0.187. The minimum Gasteiger partial charge on any atom is -0.508 e. The van der Waals surface area contributed by atoms with Crippen LogP contribution in [0.3, 0.4) is 0 Å². The van der Waals surface area contributed by atoms with Gasteiger partial charge in [0, 0.05) is 21.2 Å². The predicted octanol–water partition coefficient (Wildman–Crippen LogP) is 4.74. The molecule has 0 fully saturated rings. The fraction of sp³-hybridized carbons (Fsp3) is 0.118. The number of aromatic nitrogens is 1. The van der Waals surface area contributed by atoms with Gasteiger partial charge in [-0.05, 0) is 64.8 Å². The fourth-order valence-electron chi connectivity index (χ4n) is 2.38. The molecule has 3 rings (SSSR count). The largest absolute Gasteiger partial charge is 0.508 e. The lowest BCUT2D eigenvalue weighted by molar-refractivity contribution is 0.433. The van der Waals surface area contributed by atoms with E-state index in [1.165, 1.54) is 0 Å². The molecule has 0 bridgehead atoms. The number of aromatic hydroxyl groups is 2. The van der Waals surface area contributed by atoms with Crippen molar-refractivity contribution in [2.45, 2.75) is 13.3 Å². The summed E-state index contributed by atoms with van der Waals surface area (Å²) in [6.45, 7) is 2.04. The number of hydrogen-bond acceptors (Lipinski definition) is 4. The Morgan fingerprint density at radius 2 is 1.73 bits per heavy atom. The van der Waals surface area contributed by atoms with Gasteiger partial charge in [-0.1, -0.05) is 12.1 Å². The average Bonchev–Trinajstić information content (AvgIpc) is 2.91. The Kier molecular flexibility index (Phi) is 3.90. The van der Waals surface area contributed by atoms with Crippen molar-refractivity contribution in [1.82, 2.24) is 5.16 Å². The van der Waals surface area contributed by atoms with Gasteiger partial charge in [-0.15, -0.1) is 0 Å². The smallest absolute Gasteiger partial charge is 0.171 e. The second kappa shape index (κ2) is 5.85. The van der Waals surface area contributed by atoms with Gasteiger partial charge in [-0.3, -0.25) is 0 Å². The van der Waals surface area contributed by atoms with Crippen LogP contribution in [-0.2, 0) is 6.42 Å². The third-order valence-corrected chi connectivity index (χ3v) is 4.14. The molecule has 0 unspecified atom stereocenters. The van der Waals surface area contributed by atoms with E-state index in [1.54, 1.807) is 30.3 Å². The van der Waals surface area contributed by atoms with Gasteiger partial charge < -0.3 is 14.7 Å². The van der Waals surface area contributed by atoms with Crippen molar-refractivity contribution >= 4 is 15.9 Å². The number of halogens is 1. The first-order chi connectivity index (χ1) is 10.6. The second-order valence-electron chi connectivity index (χ2n) is 4.90. The summed E-state index contributed by atoms with van der Waals surface area (Å²) in [5.74, 6) is 1.08. The molecule has 0 saturated carbocycles. The van der Waals surface area contributed by atoms with Crippen molar-refractivity contribution in [2.75, 3.05) is 0 Å². The Labute approximate surface area is 136 Å². The first kappa shape index (κ1) is 14.7. The zero-order valence-corrected chi connectivity index (χ0v) is 13.5. The van der Waals surface area contributed by atoms with Gasteiger partial charge in [0.2, 0.25) is 0 Å². The molecule has 22 heavy (non-hydrogen) atoms. The molecule has 0 aliphatic carbocycles. The lowest BCUT2D eigenvalue weighted by atomic mass is 10.0. The maximum atomic E-state index is 9.52. The molecule has 112 valence electrons. The van der Waals surface area contributed by atoms with Gasteiger partial charge in [0.15, 0.2) is 5.76 Å². The molecule has 0 radical (unpaired) electrons. The van der Waals surface area contributed by atoms with E-state index in [-0.39, 0.29) is 11.5 Å². The minimum atomic E-state index is 0.187. The molecule has 2 aromatic carbocycles. The summed E-state index contributed by atoms with van der Waals surface area (Å²) >= 11 is 3.44. The summed E-state index contributed by atoms with van der Waals surface area (Å²) in [6, 6.07) is 11.9. The van der Waals surface area contributed by atoms with Gasteiger partial charge in [-0.2, -0.15) is 0 Å². The van der Waals surface area contributed by atoms with Gasteiger partial charge in [0.1, 0.15) is 17.2 Å². The SMILES string of the molecule is CCc1c(-c2ccc(O)cc2)noc1-c1ccc(O)cc1Br. The topological polar surface area (TPSA) is 66.5 Å². The molecule has 0 spiro atoms. The standard InChI is InChI=1S/C17H14BrNO3/c1-2-13-16(10-3-5-11(20)6-4-10)19-22-17(13)14-8-7-12(21)9-15(14)18/h3-9,20-21H,2H2,1H3. The van der Waals surface area contributed by atoms with Gasteiger partial charge in [0.05, 0.1) is 0 Å². The van der Waals surface area contributed by atoms with E-state index in [0.29, 0.717) is 5.76 Å². The highest BCUT2D eigenvalue weighted by Gasteiger charge is 2.19. The van der Waals surface area contributed by atoms with Crippen LogP contribution < -0.4 is 0 Å². The summed E-state index contributed by atoms with van der Waals surface area (Å²) in [5, 5.41) is 23.1. The van der Waals surface area contributed by atoms with Crippen LogP contribution in [0.1, 0.15) is 12.5 Å².